The minimum Gasteiger partial charge on any atom is -0.322 e. The molecule has 0 aliphatic carbocycles. The SMILES string of the molecule is Cc1ccccc1C(=O)Nc1ccccc1-n1cccc1.Cl. The summed E-state index contributed by atoms with van der Waals surface area (Å²) in [6.07, 6.45) is 3.91. The maximum atomic E-state index is 12.4. The Labute approximate surface area is 136 Å². The topological polar surface area (TPSA) is 34.0 Å². The van der Waals surface area contributed by atoms with Gasteiger partial charge in [0.1, 0.15) is 0 Å². The number of carbonyl (C=O) groups excluding carboxylic acids is 1. The number of amides is 1. The highest BCUT2D eigenvalue weighted by atomic mass is 35.5. The molecule has 1 heterocycles. The van der Waals surface area contributed by atoms with E-state index in [9.17, 15) is 4.79 Å². The van der Waals surface area contributed by atoms with Crippen molar-refractivity contribution in [3.05, 3.63) is 84.2 Å². The van der Waals surface area contributed by atoms with Gasteiger partial charge in [-0.05, 0) is 42.8 Å². The number of nitrogens with one attached hydrogen (secondary N) is 1. The van der Waals surface area contributed by atoms with E-state index in [2.05, 4.69) is 5.32 Å². The molecule has 3 nitrogen and oxygen atoms in total. The fraction of sp³-hybridized carbons (Fsp3) is 0.0556. The van der Waals surface area contributed by atoms with Gasteiger partial charge in [-0.1, -0.05) is 30.3 Å². The molecule has 0 spiro atoms. The largest absolute Gasteiger partial charge is 0.322 e. The molecule has 1 N–H and O–H groups in total. The highest BCUT2D eigenvalue weighted by molar-refractivity contribution is 6.06. The molecule has 0 saturated carbocycles. The second kappa shape index (κ2) is 6.96. The Morgan fingerprint density at radius 3 is 2.27 bits per heavy atom. The number of benzene rings is 2. The second-order valence-electron chi connectivity index (χ2n) is 4.88. The summed E-state index contributed by atoms with van der Waals surface area (Å²) in [4.78, 5) is 12.4. The highest BCUT2D eigenvalue weighted by Crippen LogP contribution is 2.21. The van der Waals surface area contributed by atoms with Crippen molar-refractivity contribution in [1.29, 1.82) is 0 Å². The van der Waals surface area contributed by atoms with Gasteiger partial charge < -0.3 is 9.88 Å². The fourth-order valence-corrected chi connectivity index (χ4v) is 2.32. The van der Waals surface area contributed by atoms with Crippen LogP contribution < -0.4 is 5.32 Å². The third kappa shape index (κ3) is 3.21. The van der Waals surface area contributed by atoms with Gasteiger partial charge in [-0.2, -0.15) is 0 Å². The first-order chi connectivity index (χ1) is 10.3. The van der Waals surface area contributed by atoms with Crippen molar-refractivity contribution in [3.8, 4) is 5.69 Å². The van der Waals surface area contributed by atoms with Crippen LogP contribution in [-0.2, 0) is 0 Å². The lowest BCUT2D eigenvalue weighted by Crippen LogP contribution is -2.14. The van der Waals surface area contributed by atoms with Crippen molar-refractivity contribution in [2.24, 2.45) is 0 Å². The van der Waals surface area contributed by atoms with Crippen LogP contribution in [0.5, 0.6) is 0 Å². The van der Waals surface area contributed by atoms with E-state index in [1.807, 2.05) is 84.5 Å². The van der Waals surface area contributed by atoms with Gasteiger partial charge in [0, 0.05) is 18.0 Å². The monoisotopic (exact) mass is 312 g/mol. The standard InChI is InChI=1S/C18H16N2O.ClH/c1-14-8-2-3-9-15(14)18(21)19-16-10-4-5-11-17(16)20-12-6-7-13-20;/h2-13H,1H3,(H,19,21);1H. The van der Waals surface area contributed by atoms with Crippen LogP contribution >= 0.6 is 12.4 Å². The summed E-state index contributed by atoms with van der Waals surface area (Å²) in [5, 5.41) is 3.00. The van der Waals surface area contributed by atoms with Crippen molar-refractivity contribution in [2.45, 2.75) is 6.92 Å². The molecule has 3 rings (SSSR count). The first-order valence-electron chi connectivity index (χ1n) is 6.85. The summed E-state index contributed by atoms with van der Waals surface area (Å²) in [6.45, 7) is 1.94. The molecular weight excluding hydrogens is 296 g/mol. The van der Waals surface area contributed by atoms with Crippen molar-refractivity contribution in [3.63, 3.8) is 0 Å². The molecule has 0 unspecified atom stereocenters. The van der Waals surface area contributed by atoms with E-state index < -0.39 is 0 Å². The van der Waals surface area contributed by atoms with Crippen LogP contribution in [0, 0.1) is 6.92 Å². The summed E-state index contributed by atoms with van der Waals surface area (Å²) >= 11 is 0. The van der Waals surface area contributed by atoms with E-state index in [0.717, 1.165) is 16.9 Å². The summed E-state index contributed by atoms with van der Waals surface area (Å²) in [5.74, 6) is -0.0901. The first kappa shape index (κ1) is 15.9. The molecule has 0 aliphatic rings. The lowest BCUT2D eigenvalue weighted by molar-refractivity contribution is 0.102. The molecule has 1 amide bonds. The van der Waals surface area contributed by atoms with E-state index in [4.69, 9.17) is 0 Å². The zero-order valence-corrected chi connectivity index (χ0v) is 13.0. The number of hydrogen-bond acceptors (Lipinski definition) is 1. The predicted molar refractivity (Wildman–Crippen MR) is 92.1 cm³/mol. The molecule has 0 aliphatic heterocycles. The Bertz CT molecular complexity index is 766. The Balaban J connectivity index is 0.00000176. The average Bonchev–Trinajstić information content (AvgIpc) is 3.02. The van der Waals surface area contributed by atoms with Crippen molar-refractivity contribution >= 4 is 24.0 Å². The van der Waals surface area contributed by atoms with Crippen LogP contribution in [0.3, 0.4) is 0 Å². The number of anilines is 1. The van der Waals surface area contributed by atoms with E-state index in [-0.39, 0.29) is 18.3 Å². The van der Waals surface area contributed by atoms with Crippen molar-refractivity contribution < 1.29 is 4.79 Å². The third-order valence-electron chi connectivity index (χ3n) is 3.42. The average molecular weight is 313 g/mol. The van der Waals surface area contributed by atoms with Crippen molar-refractivity contribution in [1.82, 2.24) is 4.57 Å². The normalized spacial score (nSPS) is 9.86. The number of aryl methyl sites for hydroxylation is 1. The number of aromatic nitrogens is 1. The number of rotatable bonds is 3. The van der Waals surface area contributed by atoms with Gasteiger partial charge in [0.2, 0.25) is 0 Å². The molecule has 0 radical (unpaired) electrons. The molecule has 0 atom stereocenters. The summed E-state index contributed by atoms with van der Waals surface area (Å²) < 4.78 is 1.98. The smallest absolute Gasteiger partial charge is 0.255 e. The van der Waals surface area contributed by atoms with Crippen LogP contribution in [0.4, 0.5) is 5.69 Å². The van der Waals surface area contributed by atoms with Gasteiger partial charge in [-0.25, -0.2) is 0 Å². The summed E-state index contributed by atoms with van der Waals surface area (Å²) in [5.41, 5.74) is 3.40. The van der Waals surface area contributed by atoms with Gasteiger partial charge in [0.15, 0.2) is 0 Å². The Morgan fingerprint density at radius 2 is 1.55 bits per heavy atom. The maximum absolute atomic E-state index is 12.4. The number of para-hydroxylation sites is 2. The van der Waals surface area contributed by atoms with E-state index in [0.29, 0.717) is 5.56 Å². The van der Waals surface area contributed by atoms with Gasteiger partial charge in [0.25, 0.3) is 5.91 Å². The molecule has 22 heavy (non-hydrogen) atoms. The molecule has 1 aromatic heterocycles. The van der Waals surface area contributed by atoms with Gasteiger partial charge in [-0.3, -0.25) is 4.79 Å². The van der Waals surface area contributed by atoms with Gasteiger partial charge >= 0.3 is 0 Å². The molecule has 2 aromatic carbocycles. The Hall–Kier alpha value is -2.52. The van der Waals surface area contributed by atoms with Gasteiger partial charge in [0.05, 0.1) is 11.4 Å². The lowest BCUT2D eigenvalue weighted by atomic mass is 10.1. The second-order valence-corrected chi connectivity index (χ2v) is 4.88. The minimum atomic E-state index is -0.0901. The lowest BCUT2D eigenvalue weighted by Gasteiger charge is -2.12. The first-order valence-corrected chi connectivity index (χ1v) is 6.85. The number of carbonyl (C=O) groups is 1. The van der Waals surface area contributed by atoms with E-state index in [1.54, 1.807) is 0 Å². The van der Waals surface area contributed by atoms with Crippen LogP contribution in [-0.4, -0.2) is 10.5 Å². The Morgan fingerprint density at radius 1 is 0.909 bits per heavy atom. The van der Waals surface area contributed by atoms with Crippen LogP contribution in [0.15, 0.2) is 73.1 Å². The molecule has 0 fully saturated rings. The third-order valence-corrected chi connectivity index (χ3v) is 3.42. The van der Waals surface area contributed by atoms with Crippen molar-refractivity contribution in [2.75, 3.05) is 5.32 Å². The fourth-order valence-electron chi connectivity index (χ4n) is 2.32. The quantitative estimate of drug-likeness (QED) is 0.761. The highest BCUT2D eigenvalue weighted by Gasteiger charge is 2.11. The maximum Gasteiger partial charge on any atom is 0.255 e. The zero-order chi connectivity index (χ0) is 14.7. The predicted octanol–water partition coefficient (Wildman–Crippen LogP) is 4.46. The minimum absolute atomic E-state index is 0. The van der Waals surface area contributed by atoms with E-state index in [1.165, 1.54) is 0 Å². The molecule has 0 saturated heterocycles. The summed E-state index contributed by atoms with van der Waals surface area (Å²) in [6, 6.07) is 19.3. The molecular formula is C18H17ClN2O. The van der Waals surface area contributed by atoms with Crippen LogP contribution in [0.25, 0.3) is 5.69 Å². The van der Waals surface area contributed by atoms with Gasteiger partial charge in [-0.15, -0.1) is 12.4 Å². The van der Waals surface area contributed by atoms with Crippen LogP contribution in [0.2, 0.25) is 0 Å². The molecule has 0 bridgehead atoms. The summed E-state index contributed by atoms with van der Waals surface area (Å²) in [7, 11) is 0. The van der Waals surface area contributed by atoms with E-state index >= 15 is 0 Å². The molecule has 4 heteroatoms. The van der Waals surface area contributed by atoms with Crippen LogP contribution in [0.1, 0.15) is 15.9 Å². The number of hydrogen-bond donors (Lipinski definition) is 1. The number of halogens is 1. The Kier molecular flexibility index (Phi) is 5.02. The molecule has 3 aromatic rings. The number of nitrogens with zero attached hydrogens (tertiary/aromatic N) is 1. The molecule has 112 valence electrons. The zero-order valence-electron chi connectivity index (χ0n) is 12.2.